The van der Waals surface area contributed by atoms with E-state index in [4.69, 9.17) is 10.5 Å². The molecule has 0 unspecified atom stereocenters. The van der Waals surface area contributed by atoms with Crippen LogP contribution in [-0.2, 0) is 5.54 Å². The van der Waals surface area contributed by atoms with Gasteiger partial charge in [-0.05, 0) is 45.4 Å². The molecular formula is C15H21N3O. The van der Waals surface area contributed by atoms with Crippen molar-refractivity contribution < 1.29 is 4.74 Å². The minimum absolute atomic E-state index is 0.125. The fourth-order valence-electron chi connectivity index (χ4n) is 2.17. The number of aromatic nitrogens is 2. The summed E-state index contributed by atoms with van der Waals surface area (Å²) in [5.41, 5.74) is 9.14. The molecule has 1 heterocycles. The number of aryl methyl sites for hydroxylation is 1. The predicted molar refractivity (Wildman–Crippen MR) is 78.4 cm³/mol. The Labute approximate surface area is 114 Å². The van der Waals surface area contributed by atoms with Crippen molar-refractivity contribution in [3.05, 3.63) is 30.0 Å². The van der Waals surface area contributed by atoms with Crippen LogP contribution in [0.3, 0.4) is 0 Å². The second-order valence-electron chi connectivity index (χ2n) is 5.66. The minimum Gasteiger partial charge on any atom is -0.497 e. The molecule has 0 spiro atoms. The zero-order valence-corrected chi connectivity index (χ0v) is 12.2. The van der Waals surface area contributed by atoms with Crippen molar-refractivity contribution in [1.29, 1.82) is 0 Å². The van der Waals surface area contributed by atoms with E-state index in [1.165, 1.54) is 0 Å². The van der Waals surface area contributed by atoms with E-state index in [-0.39, 0.29) is 5.54 Å². The summed E-state index contributed by atoms with van der Waals surface area (Å²) in [6.07, 6.45) is 0. The summed E-state index contributed by atoms with van der Waals surface area (Å²) in [5.74, 6) is 1.54. The van der Waals surface area contributed by atoms with Gasteiger partial charge in [-0.15, -0.1) is 0 Å². The standard InChI is InChI=1S/C15H21N3O/c1-10-13(11-6-8-12(19-5)9-7-11)14(16)18(17-10)15(2,3)4/h6-9H,16H2,1-5H3. The number of methoxy groups -OCH3 is 1. The molecule has 0 radical (unpaired) electrons. The van der Waals surface area contributed by atoms with Gasteiger partial charge in [0.05, 0.1) is 18.3 Å². The molecule has 1 aromatic carbocycles. The molecule has 102 valence electrons. The Bertz CT molecular complexity index is 577. The number of rotatable bonds is 2. The topological polar surface area (TPSA) is 53.1 Å². The molecule has 4 heteroatoms. The van der Waals surface area contributed by atoms with E-state index in [9.17, 15) is 0 Å². The number of nitrogens with zero attached hydrogens (tertiary/aromatic N) is 2. The summed E-state index contributed by atoms with van der Waals surface area (Å²) in [6, 6.07) is 7.88. The molecule has 1 aromatic heterocycles. The van der Waals surface area contributed by atoms with Crippen LogP contribution >= 0.6 is 0 Å². The third kappa shape index (κ3) is 2.43. The van der Waals surface area contributed by atoms with Crippen molar-refractivity contribution in [1.82, 2.24) is 9.78 Å². The summed E-state index contributed by atoms with van der Waals surface area (Å²) in [4.78, 5) is 0. The molecule has 4 nitrogen and oxygen atoms in total. The first-order valence-electron chi connectivity index (χ1n) is 6.34. The minimum atomic E-state index is -0.125. The molecule has 0 saturated heterocycles. The van der Waals surface area contributed by atoms with Gasteiger partial charge in [-0.3, -0.25) is 0 Å². The summed E-state index contributed by atoms with van der Waals surface area (Å²) >= 11 is 0. The highest BCUT2D eigenvalue weighted by atomic mass is 16.5. The number of hydrogen-bond donors (Lipinski definition) is 1. The maximum atomic E-state index is 6.26. The maximum absolute atomic E-state index is 6.26. The van der Waals surface area contributed by atoms with Crippen LogP contribution in [0.25, 0.3) is 11.1 Å². The van der Waals surface area contributed by atoms with Gasteiger partial charge in [0.15, 0.2) is 0 Å². The van der Waals surface area contributed by atoms with Crippen LogP contribution in [-0.4, -0.2) is 16.9 Å². The Morgan fingerprint density at radius 2 is 1.74 bits per heavy atom. The Morgan fingerprint density at radius 1 is 1.16 bits per heavy atom. The molecule has 0 amide bonds. The third-order valence-corrected chi connectivity index (χ3v) is 3.11. The highest BCUT2D eigenvalue weighted by Crippen LogP contribution is 2.33. The fourth-order valence-corrected chi connectivity index (χ4v) is 2.17. The Kier molecular flexibility index (Phi) is 3.27. The van der Waals surface area contributed by atoms with E-state index in [1.807, 2.05) is 35.9 Å². The van der Waals surface area contributed by atoms with Crippen LogP contribution in [0.5, 0.6) is 5.75 Å². The van der Waals surface area contributed by atoms with Crippen LogP contribution in [0.2, 0.25) is 0 Å². The van der Waals surface area contributed by atoms with Gasteiger partial charge < -0.3 is 10.5 Å². The van der Waals surface area contributed by atoms with E-state index in [0.29, 0.717) is 5.82 Å². The normalized spacial score (nSPS) is 11.6. The number of hydrogen-bond acceptors (Lipinski definition) is 3. The quantitative estimate of drug-likeness (QED) is 0.901. The van der Waals surface area contributed by atoms with Crippen LogP contribution in [0.1, 0.15) is 26.5 Å². The highest BCUT2D eigenvalue weighted by molar-refractivity contribution is 5.77. The first kappa shape index (κ1) is 13.5. The average molecular weight is 259 g/mol. The fraction of sp³-hybridized carbons (Fsp3) is 0.400. The van der Waals surface area contributed by atoms with E-state index >= 15 is 0 Å². The van der Waals surface area contributed by atoms with Gasteiger partial charge in [0.1, 0.15) is 11.6 Å². The molecule has 0 fully saturated rings. The average Bonchev–Trinajstić information content (AvgIpc) is 2.65. The number of anilines is 1. The Morgan fingerprint density at radius 3 is 2.16 bits per heavy atom. The summed E-state index contributed by atoms with van der Waals surface area (Å²) in [6.45, 7) is 8.26. The van der Waals surface area contributed by atoms with Gasteiger partial charge in [-0.2, -0.15) is 5.10 Å². The van der Waals surface area contributed by atoms with Crippen LogP contribution < -0.4 is 10.5 Å². The third-order valence-electron chi connectivity index (χ3n) is 3.11. The number of ether oxygens (including phenoxy) is 1. The van der Waals surface area contributed by atoms with Crippen molar-refractivity contribution in [2.75, 3.05) is 12.8 Å². The summed E-state index contributed by atoms with van der Waals surface area (Å²) < 4.78 is 7.05. The van der Waals surface area contributed by atoms with Gasteiger partial charge >= 0.3 is 0 Å². The molecule has 0 aliphatic carbocycles. The zero-order chi connectivity index (χ0) is 14.2. The number of nitrogen functional groups attached to an aromatic ring is 1. The molecule has 0 saturated carbocycles. The van der Waals surface area contributed by atoms with Crippen molar-refractivity contribution in [2.45, 2.75) is 33.2 Å². The van der Waals surface area contributed by atoms with Gasteiger partial charge in [0.25, 0.3) is 0 Å². The lowest BCUT2D eigenvalue weighted by Crippen LogP contribution is -2.24. The summed E-state index contributed by atoms with van der Waals surface area (Å²) in [7, 11) is 1.66. The van der Waals surface area contributed by atoms with Gasteiger partial charge in [0, 0.05) is 5.56 Å². The van der Waals surface area contributed by atoms with E-state index in [0.717, 1.165) is 22.6 Å². The largest absolute Gasteiger partial charge is 0.497 e. The lowest BCUT2D eigenvalue weighted by atomic mass is 10.0. The molecule has 2 N–H and O–H groups in total. The van der Waals surface area contributed by atoms with Crippen LogP contribution in [0.4, 0.5) is 5.82 Å². The predicted octanol–water partition coefficient (Wildman–Crippen LogP) is 3.20. The maximum Gasteiger partial charge on any atom is 0.130 e. The molecule has 0 aliphatic rings. The molecule has 0 bridgehead atoms. The second kappa shape index (κ2) is 4.61. The van der Waals surface area contributed by atoms with Gasteiger partial charge in [0.2, 0.25) is 0 Å². The Hall–Kier alpha value is -1.97. The smallest absolute Gasteiger partial charge is 0.130 e. The molecule has 2 aromatic rings. The Balaban J connectivity index is 2.53. The highest BCUT2D eigenvalue weighted by Gasteiger charge is 2.22. The zero-order valence-electron chi connectivity index (χ0n) is 12.2. The number of benzene rings is 1. The number of nitrogens with two attached hydrogens (primary N) is 1. The van der Waals surface area contributed by atoms with E-state index < -0.39 is 0 Å². The SMILES string of the molecule is COc1ccc(-c2c(C)nn(C(C)(C)C)c2N)cc1. The van der Waals surface area contributed by atoms with Crippen molar-refractivity contribution in [3.63, 3.8) is 0 Å². The van der Waals surface area contributed by atoms with Crippen molar-refractivity contribution >= 4 is 5.82 Å². The molecule has 0 aliphatic heterocycles. The van der Waals surface area contributed by atoms with Crippen LogP contribution in [0.15, 0.2) is 24.3 Å². The monoisotopic (exact) mass is 259 g/mol. The van der Waals surface area contributed by atoms with Crippen molar-refractivity contribution in [2.24, 2.45) is 0 Å². The lowest BCUT2D eigenvalue weighted by Gasteiger charge is -2.21. The first-order valence-corrected chi connectivity index (χ1v) is 6.34. The van der Waals surface area contributed by atoms with Gasteiger partial charge in [-0.25, -0.2) is 4.68 Å². The summed E-state index contributed by atoms with van der Waals surface area (Å²) in [5, 5.41) is 4.56. The molecular weight excluding hydrogens is 238 g/mol. The van der Waals surface area contributed by atoms with Gasteiger partial charge in [-0.1, -0.05) is 12.1 Å². The van der Waals surface area contributed by atoms with E-state index in [1.54, 1.807) is 7.11 Å². The first-order chi connectivity index (χ1) is 8.84. The van der Waals surface area contributed by atoms with Crippen LogP contribution in [0, 0.1) is 6.92 Å². The lowest BCUT2D eigenvalue weighted by molar-refractivity contribution is 0.360. The molecule has 19 heavy (non-hydrogen) atoms. The second-order valence-corrected chi connectivity index (χ2v) is 5.66. The van der Waals surface area contributed by atoms with E-state index in [2.05, 4.69) is 25.9 Å². The van der Waals surface area contributed by atoms with Crippen molar-refractivity contribution in [3.8, 4) is 16.9 Å². The molecule has 2 rings (SSSR count). The molecule has 0 atom stereocenters.